The highest BCUT2D eigenvalue weighted by atomic mass is 32.1. The Hall–Kier alpha value is -4.23. The summed E-state index contributed by atoms with van der Waals surface area (Å²) in [5.41, 5.74) is 2.77. The van der Waals surface area contributed by atoms with E-state index in [1.165, 1.54) is 23.5 Å². The minimum Gasteiger partial charge on any atom is -0.444 e. The molecule has 3 amide bonds. The maximum Gasteiger partial charge on any atom is 0.407 e. The molecular weight excluding hydrogens is 543 g/mol. The number of carbonyl (C=O) groups excluding carboxylic acids is 3. The van der Waals surface area contributed by atoms with Gasteiger partial charge in [0.05, 0.1) is 11.4 Å². The highest BCUT2D eigenvalue weighted by molar-refractivity contribution is 7.18. The van der Waals surface area contributed by atoms with Gasteiger partial charge >= 0.3 is 6.09 Å². The number of amides is 3. The molecule has 10 heteroatoms. The normalized spacial score (nSPS) is 16.8. The van der Waals surface area contributed by atoms with E-state index < -0.39 is 17.5 Å². The van der Waals surface area contributed by atoms with Crippen LogP contribution in [0, 0.1) is 12.4 Å². The summed E-state index contributed by atoms with van der Waals surface area (Å²) in [6.07, 6.45) is 0.939. The maximum atomic E-state index is 14.7. The van der Waals surface area contributed by atoms with Crippen LogP contribution in [0.5, 0.6) is 0 Å². The molecule has 0 bridgehead atoms. The standard InChI is InChI=1S/C31H31FN4O4S/c1-31(2,3)40-30(39)34-21-7-6-12-36(17-21)29(38)26-15-22(18-10-11-25(33-4)24(32)14-18)27(41-26)19-8-9-20-16-35(5)28(37)23(20)13-19/h8-11,13-15,21H,6-7,12,16-17H2,1-3,5H3,(H,34,39)/t21-/m1/s1. The van der Waals surface area contributed by atoms with Crippen LogP contribution >= 0.6 is 11.3 Å². The number of hydrogen-bond donors (Lipinski definition) is 1. The lowest BCUT2D eigenvalue weighted by molar-refractivity contribution is 0.0452. The van der Waals surface area contributed by atoms with Crippen molar-refractivity contribution in [1.82, 2.24) is 15.1 Å². The number of thiophene rings is 1. The fourth-order valence-electron chi connectivity index (χ4n) is 5.19. The Bertz CT molecular complexity index is 1590. The molecule has 212 valence electrons. The molecule has 0 aliphatic carbocycles. The Labute approximate surface area is 242 Å². The van der Waals surface area contributed by atoms with Crippen molar-refractivity contribution in [2.24, 2.45) is 0 Å². The first kappa shape index (κ1) is 28.3. The summed E-state index contributed by atoms with van der Waals surface area (Å²) in [7, 11) is 1.75. The zero-order chi connectivity index (χ0) is 29.5. The van der Waals surface area contributed by atoms with Gasteiger partial charge in [0.1, 0.15) is 11.4 Å². The Morgan fingerprint density at radius 3 is 2.59 bits per heavy atom. The first-order chi connectivity index (χ1) is 19.4. The summed E-state index contributed by atoms with van der Waals surface area (Å²) >= 11 is 1.28. The van der Waals surface area contributed by atoms with E-state index in [1.54, 1.807) is 49.8 Å². The molecular formula is C31H31FN4O4S. The Morgan fingerprint density at radius 2 is 1.88 bits per heavy atom. The van der Waals surface area contributed by atoms with Crippen molar-refractivity contribution >= 4 is 34.9 Å². The fraction of sp³-hybridized carbons (Fsp3) is 0.355. The van der Waals surface area contributed by atoms with Crippen LogP contribution in [0.4, 0.5) is 14.9 Å². The smallest absolute Gasteiger partial charge is 0.407 e. The largest absolute Gasteiger partial charge is 0.444 e. The second-order valence-corrected chi connectivity index (χ2v) is 12.5. The molecule has 0 saturated carbocycles. The number of nitrogens with one attached hydrogen (secondary N) is 1. The molecule has 2 aliphatic rings. The third-order valence-electron chi connectivity index (χ3n) is 7.11. The van der Waals surface area contributed by atoms with Crippen molar-refractivity contribution in [3.05, 3.63) is 75.7 Å². The number of ether oxygens (including phenoxy) is 1. The van der Waals surface area contributed by atoms with Crippen molar-refractivity contribution in [3.63, 3.8) is 0 Å². The maximum absolute atomic E-state index is 14.7. The topological polar surface area (TPSA) is 83.3 Å². The van der Waals surface area contributed by atoms with Crippen molar-refractivity contribution in [3.8, 4) is 21.6 Å². The molecule has 1 atom stereocenters. The Balaban J connectivity index is 1.48. The molecule has 1 saturated heterocycles. The van der Waals surface area contributed by atoms with Crippen molar-refractivity contribution < 1.29 is 23.5 Å². The van der Waals surface area contributed by atoms with Crippen LogP contribution in [0.3, 0.4) is 0 Å². The summed E-state index contributed by atoms with van der Waals surface area (Å²) in [6, 6.07) is 11.6. The minimum absolute atomic E-state index is 0.0689. The van der Waals surface area contributed by atoms with Crippen molar-refractivity contribution in [2.45, 2.75) is 51.8 Å². The van der Waals surface area contributed by atoms with Gasteiger partial charge in [-0.3, -0.25) is 9.59 Å². The molecule has 41 heavy (non-hydrogen) atoms. The second-order valence-electron chi connectivity index (χ2n) is 11.4. The van der Waals surface area contributed by atoms with Crippen LogP contribution in [-0.2, 0) is 11.3 Å². The number of rotatable bonds is 4. The van der Waals surface area contributed by atoms with E-state index in [9.17, 15) is 18.8 Å². The van der Waals surface area contributed by atoms with Crippen LogP contribution in [0.15, 0.2) is 42.5 Å². The zero-order valence-corrected chi connectivity index (χ0v) is 24.2. The fourth-order valence-corrected chi connectivity index (χ4v) is 6.33. The van der Waals surface area contributed by atoms with E-state index in [0.717, 1.165) is 28.8 Å². The average Bonchev–Trinajstić information content (AvgIpc) is 3.48. The van der Waals surface area contributed by atoms with E-state index in [1.807, 2.05) is 18.2 Å². The molecule has 8 nitrogen and oxygen atoms in total. The van der Waals surface area contributed by atoms with Crippen LogP contribution in [0.2, 0.25) is 0 Å². The predicted octanol–water partition coefficient (Wildman–Crippen LogP) is 6.49. The molecule has 0 radical (unpaired) electrons. The quantitative estimate of drug-likeness (QED) is 0.361. The number of alkyl carbamates (subject to hydrolysis) is 1. The lowest BCUT2D eigenvalue weighted by Crippen LogP contribution is -2.50. The molecule has 1 aromatic heterocycles. The van der Waals surface area contributed by atoms with Crippen LogP contribution < -0.4 is 5.32 Å². The SMILES string of the molecule is [C-]#[N+]c1ccc(-c2cc(C(=O)N3CCC[C@@H](NC(=O)OC(C)(C)C)C3)sc2-c2ccc3c(c2)C(=O)N(C)C3)cc1F. The van der Waals surface area contributed by atoms with Crippen molar-refractivity contribution in [2.75, 3.05) is 20.1 Å². The van der Waals surface area contributed by atoms with E-state index >= 15 is 0 Å². The highest BCUT2D eigenvalue weighted by Gasteiger charge is 2.30. The van der Waals surface area contributed by atoms with Gasteiger partial charge in [-0.05, 0) is 68.5 Å². The number of hydrogen-bond acceptors (Lipinski definition) is 5. The first-order valence-electron chi connectivity index (χ1n) is 13.4. The van der Waals surface area contributed by atoms with Gasteiger partial charge in [0.15, 0.2) is 0 Å². The van der Waals surface area contributed by atoms with Gasteiger partial charge in [-0.15, -0.1) is 11.3 Å². The van der Waals surface area contributed by atoms with E-state index in [2.05, 4.69) is 10.2 Å². The number of benzene rings is 2. The number of halogens is 1. The predicted molar refractivity (Wildman–Crippen MR) is 156 cm³/mol. The number of piperidine rings is 1. The lowest BCUT2D eigenvalue weighted by Gasteiger charge is -2.33. The van der Waals surface area contributed by atoms with Gasteiger partial charge in [0.25, 0.3) is 11.8 Å². The van der Waals surface area contributed by atoms with Gasteiger partial charge in [-0.2, -0.15) is 0 Å². The molecule has 1 fully saturated rings. The summed E-state index contributed by atoms with van der Waals surface area (Å²) < 4.78 is 20.1. The highest BCUT2D eigenvalue weighted by Crippen LogP contribution is 2.42. The summed E-state index contributed by atoms with van der Waals surface area (Å²) in [4.78, 5) is 46.6. The van der Waals surface area contributed by atoms with Crippen LogP contribution in [-0.4, -0.2) is 59.5 Å². The number of nitrogens with zero attached hydrogens (tertiary/aromatic N) is 3. The monoisotopic (exact) mass is 574 g/mol. The Morgan fingerprint density at radius 1 is 1.12 bits per heavy atom. The van der Waals surface area contributed by atoms with Gasteiger partial charge in [-0.1, -0.05) is 24.3 Å². The molecule has 0 spiro atoms. The molecule has 0 unspecified atom stereocenters. The second kappa shape index (κ2) is 11.0. The molecule has 5 rings (SSSR count). The average molecular weight is 575 g/mol. The van der Waals surface area contributed by atoms with Gasteiger partial charge in [0.2, 0.25) is 5.69 Å². The number of fused-ring (bicyclic) bond motifs is 1. The van der Waals surface area contributed by atoms with Crippen LogP contribution in [0.1, 0.15) is 59.2 Å². The van der Waals surface area contributed by atoms with E-state index in [4.69, 9.17) is 11.3 Å². The number of likely N-dealkylation sites (tertiary alicyclic amines) is 1. The molecule has 2 aromatic carbocycles. The minimum atomic E-state index is -0.639. The molecule has 3 aromatic rings. The zero-order valence-electron chi connectivity index (χ0n) is 23.4. The van der Waals surface area contributed by atoms with Crippen LogP contribution in [0.25, 0.3) is 26.4 Å². The third kappa shape index (κ3) is 5.95. The first-order valence-corrected chi connectivity index (χ1v) is 14.2. The molecule has 1 N–H and O–H groups in total. The summed E-state index contributed by atoms with van der Waals surface area (Å²) in [5, 5.41) is 2.88. The van der Waals surface area contributed by atoms with Crippen molar-refractivity contribution in [1.29, 1.82) is 0 Å². The summed E-state index contributed by atoms with van der Waals surface area (Å²) in [6.45, 7) is 14.0. The third-order valence-corrected chi connectivity index (χ3v) is 8.28. The molecule has 2 aliphatic heterocycles. The van der Waals surface area contributed by atoms with E-state index in [-0.39, 0.29) is 23.5 Å². The van der Waals surface area contributed by atoms with Gasteiger partial charge in [-0.25, -0.2) is 14.0 Å². The lowest BCUT2D eigenvalue weighted by atomic mass is 9.99. The number of carbonyl (C=O) groups is 3. The summed E-state index contributed by atoms with van der Waals surface area (Å²) in [5.74, 6) is -0.894. The van der Waals surface area contributed by atoms with Gasteiger partial charge < -0.3 is 19.9 Å². The Kier molecular flexibility index (Phi) is 7.58. The van der Waals surface area contributed by atoms with Gasteiger partial charge in [0, 0.05) is 48.7 Å². The van der Waals surface area contributed by atoms with E-state index in [0.29, 0.717) is 41.2 Å². The molecule has 3 heterocycles.